The molecule has 3 nitrogen and oxygen atoms in total. The van der Waals surface area contributed by atoms with Crippen molar-refractivity contribution in [1.82, 2.24) is 0 Å². The van der Waals surface area contributed by atoms with Gasteiger partial charge >= 0.3 is 99.3 Å². The van der Waals surface area contributed by atoms with E-state index in [1.54, 1.807) is 21.3 Å². The van der Waals surface area contributed by atoms with Crippen molar-refractivity contribution in [3.05, 3.63) is 40.8 Å². The standard InChI is InChI=1S/C6H5.C3H5.3CH3O.Ti/c1-2-4-6-5-3-1;1-3-2;3*1-2;/h1-5H;1H2,2H3;3*1H3;/q;;3*-1;+3. The van der Waals surface area contributed by atoms with Crippen LogP contribution in [0.15, 0.2) is 40.8 Å². The van der Waals surface area contributed by atoms with Crippen LogP contribution >= 0.6 is 0 Å². The van der Waals surface area contributed by atoms with Gasteiger partial charge in [-0.25, -0.2) is 0 Å². The van der Waals surface area contributed by atoms with Gasteiger partial charge in [0.05, 0.1) is 0 Å². The van der Waals surface area contributed by atoms with Crippen LogP contribution in [0.4, 0.5) is 0 Å². The van der Waals surface area contributed by atoms with Crippen molar-refractivity contribution in [2.45, 2.75) is 6.92 Å². The van der Waals surface area contributed by atoms with Crippen LogP contribution in [-0.4, -0.2) is 21.3 Å². The molecule has 1 rings (SSSR count). The van der Waals surface area contributed by atoms with Gasteiger partial charge in [0.2, 0.25) is 0 Å². The van der Waals surface area contributed by atoms with Gasteiger partial charge in [-0.2, -0.15) is 0 Å². The monoisotopic (exact) mass is 259 g/mol. The Balaban J connectivity index is 3.52. The third-order valence-corrected chi connectivity index (χ3v) is 11.0. The van der Waals surface area contributed by atoms with Crippen LogP contribution in [0.1, 0.15) is 6.92 Å². The van der Waals surface area contributed by atoms with E-state index in [0.29, 0.717) is 0 Å². The number of allylic oxidation sites excluding steroid dienone is 1. The van der Waals surface area contributed by atoms with E-state index in [4.69, 9.17) is 9.96 Å². The predicted molar refractivity (Wildman–Crippen MR) is 61.9 cm³/mol. The SMILES string of the molecule is C=[C](C)[Ti]([O]C)([O]C)([O]C)[c]1ccccc1. The molecule has 0 spiro atoms. The van der Waals surface area contributed by atoms with Crippen LogP contribution < -0.4 is 3.87 Å². The second-order valence-electron chi connectivity index (χ2n) is 3.75. The van der Waals surface area contributed by atoms with Crippen molar-refractivity contribution >= 4 is 3.87 Å². The average molecular weight is 259 g/mol. The molecule has 0 saturated heterocycles. The molecule has 89 valence electrons. The molecule has 0 fully saturated rings. The maximum atomic E-state index is 5.72. The van der Waals surface area contributed by atoms with Gasteiger partial charge in [0, 0.05) is 0 Å². The molecule has 1 aromatic carbocycles. The van der Waals surface area contributed by atoms with Gasteiger partial charge in [-0.05, 0) is 0 Å². The predicted octanol–water partition coefficient (Wildman–Crippen LogP) is 2.22. The molecular weight excluding hydrogens is 240 g/mol. The van der Waals surface area contributed by atoms with Crippen molar-refractivity contribution in [1.29, 1.82) is 0 Å². The first-order chi connectivity index (χ1) is 7.56. The third-order valence-electron chi connectivity index (χ3n) is 3.12. The fourth-order valence-electron chi connectivity index (χ4n) is 2.10. The molecular formula is C12H19O3Ti. The van der Waals surface area contributed by atoms with Gasteiger partial charge in [0.15, 0.2) is 0 Å². The van der Waals surface area contributed by atoms with E-state index >= 15 is 0 Å². The van der Waals surface area contributed by atoms with Crippen molar-refractivity contribution < 1.29 is 26.4 Å². The molecule has 0 saturated carbocycles. The molecule has 16 heavy (non-hydrogen) atoms. The van der Waals surface area contributed by atoms with Gasteiger partial charge in [-0.3, -0.25) is 0 Å². The Hall–Kier alpha value is -0.446. The Labute approximate surface area is 99.3 Å². The Kier molecular flexibility index (Phi) is 4.10. The quantitative estimate of drug-likeness (QED) is 0.759. The van der Waals surface area contributed by atoms with Crippen LogP contribution in [0.3, 0.4) is 0 Å². The molecule has 0 aliphatic carbocycles. The van der Waals surface area contributed by atoms with Crippen LogP contribution in [0.2, 0.25) is 0 Å². The zero-order valence-corrected chi connectivity index (χ0v) is 11.9. The fourth-order valence-corrected chi connectivity index (χ4v) is 7.58. The van der Waals surface area contributed by atoms with Gasteiger partial charge in [0.25, 0.3) is 0 Å². The second kappa shape index (κ2) is 4.82. The minimum atomic E-state index is -4.18. The summed E-state index contributed by atoms with van der Waals surface area (Å²) in [6, 6.07) is 9.76. The first-order valence-electron chi connectivity index (χ1n) is 5.10. The van der Waals surface area contributed by atoms with Crippen molar-refractivity contribution in [3.8, 4) is 0 Å². The fraction of sp³-hybridized carbons (Fsp3) is 0.333. The zero-order chi connectivity index (χ0) is 12.3. The Morgan fingerprint density at radius 3 is 1.75 bits per heavy atom. The van der Waals surface area contributed by atoms with Crippen molar-refractivity contribution in [3.63, 3.8) is 0 Å². The summed E-state index contributed by atoms with van der Waals surface area (Å²) in [4.78, 5) is 0. The first kappa shape index (κ1) is 13.6. The van der Waals surface area contributed by atoms with Crippen LogP contribution in [-0.2, 0) is 26.4 Å². The molecule has 0 aliphatic rings. The third kappa shape index (κ3) is 1.69. The average Bonchev–Trinajstić information content (AvgIpc) is 2.34. The summed E-state index contributed by atoms with van der Waals surface area (Å²) in [6.07, 6.45) is 0. The Bertz CT molecular complexity index is 360. The van der Waals surface area contributed by atoms with E-state index in [1.165, 1.54) is 0 Å². The van der Waals surface area contributed by atoms with E-state index in [2.05, 4.69) is 6.58 Å². The number of hydrogen-bond donors (Lipinski definition) is 0. The number of hydrogen-bond acceptors (Lipinski definition) is 3. The molecule has 0 N–H and O–H groups in total. The maximum absolute atomic E-state index is 5.72. The summed E-state index contributed by atoms with van der Waals surface area (Å²) in [5.41, 5.74) is 0. The number of benzene rings is 1. The summed E-state index contributed by atoms with van der Waals surface area (Å²) in [5.74, 6) is 0. The molecule has 1 aromatic rings. The molecule has 0 unspecified atom stereocenters. The number of rotatable bonds is 5. The zero-order valence-electron chi connectivity index (χ0n) is 10.3. The van der Waals surface area contributed by atoms with E-state index < -0.39 is 16.5 Å². The first-order valence-corrected chi connectivity index (χ1v) is 8.58. The van der Waals surface area contributed by atoms with Crippen molar-refractivity contribution in [2.24, 2.45) is 0 Å². The summed E-state index contributed by atoms with van der Waals surface area (Å²) in [6.45, 7) is 5.89. The normalized spacial score (nSPS) is 14.1. The van der Waals surface area contributed by atoms with E-state index in [9.17, 15) is 0 Å². The molecule has 0 aromatic heterocycles. The van der Waals surface area contributed by atoms with Gasteiger partial charge < -0.3 is 0 Å². The molecule has 0 amide bonds. The second-order valence-corrected chi connectivity index (χ2v) is 11.0. The van der Waals surface area contributed by atoms with Gasteiger partial charge in [0.1, 0.15) is 0 Å². The van der Waals surface area contributed by atoms with Gasteiger partial charge in [-0.1, -0.05) is 0 Å². The van der Waals surface area contributed by atoms with E-state index in [-0.39, 0.29) is 0 Å². The molecule has 0 bridgehead atoms. The van der Waals surface area contributed by atoms with Crippen LogP contribution in [0.25, 0.3) is 0 Å². The summed E-state index contributed by atoms with van der Waals surface area (Å²) in [5, 5.41) is 0. The molecule has 4 heteroatoms. The van der Waals surface area contributed by atoms with E-state index in [0.717, 1.165) is 7.75 Å². The molecule has 0 heterocycles. The van der Waals surface area contributed by atoms with Crippen molar-refractivity contribution in [2.75, 3.05) is 21.3 Å². The summed E-state index contributed by atoms with van der Waals surface area (Å²) < 4.78 is 18.9. The van der Waals surface area contributed by atoms with Crippen LogP contribution in [0.5, 0.6) is 0 Å². The Morgan fingerprint density at radius 1 is 1.00 bits per heavy atom. The molecule has 0 aliphatic heterocycles. The van der Waals surface area contributed by atoms with Crippen LogP contribution in [0, 0.1) is 0 Å². The summed E-state index contributed by atoms with van der Waals surface area (Å²) in [7, 11) is 4.85. The molecule has 0 atom stereocenters. The van der Waals surface area contributed by atoms with Gasteiger partial charge in [-0.15, -0.1) is 0 Å². The Morgan fingerprint density at radius 2 is 1.44 bits per heavy atom. The summed E-state index contributed by atoms with van der Waals surface area (Å²) >= 11 is -4.18. The van der Waals surface area contributed by atoms with E-state index in [1.807, 2.05) is 37.3 Å². The topological polar surface area (TPSA) is 27.7 Å². The minimum absolute atomic E-state index is 0.815. The molecule has 0 radical (unpaired) electrons.